The van der Waals surface area contributed by atoms with E-state index in [2.05, 4.69) is 19.6 Å². The molecule has 1 aromatic heterocycles. The number of aliphatic hydroxyl groups is 1. The van der Waals surface area contributed by atoms with Gasteiger partial charge in [0.15, 0.2) is 0 Å². The lowest BCUT2D eigenvalue weighted by molar-refractivity contribution is 0.101. The van der Waals surface area contributed by atoms with Crippen molar-refractivity contribution in [1.82, 2.24) is 4.90 Å². The van der Waals surface area contributed by atoms with Crippen LogP contribution in [0.3, 0.4) is 0 Å². The molecule has 0 saturated heterocycles. The summed E-state index contributed by atoms with van der Waals surface area (Å²) < 4.78 is 0. The SMILES string of the molecule is C[Si](C)(C)CCN(CC(O)c1cccs1)C(=O)O. The van der Waals surface area contributed by atoms with Gasteiger partial charge in [0.25, 0.3) is 0 Å². The number of carbonyl (C=O) groups is 1. The van der Waals surface area contributed by atoms with E-state index >= 15 is 0 Å². The predicted octanol–water partition coefficient (Wildman–Crippen LogP) is 3.10. The van der Waals surface area contributed by atoms with Crippen LogP contribution in [0.4, 0.5) is 4.79 Å². The van der Waals surface area contributed by atoms with Crippen molar-refractivity contribution in [2.45, 2.75) is 31.8 Å². The second-order valence-electron chi connectivity index (χ2n) is 5.57. The van der Waals surface area contributed by atoms with Gasteiger partial charge in [-0.25, -0.2) is 4.79 Å². The first-order chi connectivity index (χ1) is 8.29. The van der Waals surface area contributed by atoms with E-state index < -0.39 is 20.3 Å². The summed E-state index contributed by atoms with van der Waals surface area (Å²) in [5.41, 5.74) is 0. The maximum atomic E-state index is 11.2. The molecule has 1 rings (SSSR count). The van der Waals surface area contributed by atoms with Crippen molar-refractivity contribution in [3.05, 3.63) is 22.4 Å². The number of thiophene rings is 1. The first-order valence-electron chi connectivity index (χ1n) is 5.99. The lowest BCUT2D eigenvalue weighted by Crippen LogP contribution is -2.37. The third-order valence-electron chi connectivity index (χ3n) is 2.67. The first kappa shape index (κ1) is 15.2. The van der Waals surface area contributed by atoms with Crippen molar-refractivity contribution in [3.8, 4) is 0 Å². The van der Waals surface area contributed by atoms with E-state index in [9.17, 15) is 9.90 Å². The molecule has 1 amide bonds. The molecule has 2 N–H and O–H groups in total. The summed E-state index contributed by atoms with van der Waals surface area (Å²) in [7, 11) is -1.27. The Balaban J connectivity index is 2.55. The van der Waals surface area contributed by atoms with Crippen molar-refractivity contribution in [1.29, 1.82) is 0 Å². The van der Waals surface area contributed by atoms with E-state index in [4.69, 9.17) is 5.11 Å². The standard InChI is InChI=1S/C12H21NO3SSi/c1-18(2,3)8-6-13(12(15)16)9-10(14)11-5-4-7-17-11/h4-5,7,10,14H,6,8-9H2,1-3H3,(H,15,16). The van der Waals surface area contributed by atoms with Gasteiger partial charge in [0, 0.05) is 19.5 Å². The zero-order valence-corrected chi connectivity index (χ0v) is 12.9. The van der Waals surface area contributed by atoms with Gasteiger partial charge < -0.3 is 15.1 Å². The molecular formula is C12H21NO3SSi. The molecular weight excluding hydrogens is 266 g/mol. The summed E-state index contributed by atoms with van der Waals surface area (Å²) >= 11 is 1.45. The Kier molecular flexibility index (Phi) is 5.37. The summed E-state index contributed by atoms with van der Waals surface area (Å²) in [5.74, 6) is 0. The summed E-state index contributed by atoms with van der Waals surface area (Å²) in [6.07, 6.45) is -1.67. The Morgan fingerprint density at radius 3 is 2.61 bits per heavy atom. The molecule has 1 heterocycles. The van der Waals surface area contributed by atoms with Gasteiger partial charge in [-0.15, -0.1) is 11.3 Å². The average Bonchev–Trinajstić information content (AvgIpc) is 2.75. The molecule has 18 heavy (non-hydrogen) atoms. The average molecular weight is 287 g/mol. The molecule has 0 bridgehead atoms. The summed E-state index contributed by atoms with van der Waals surface area (Å²) in [5, 5.41) is 21.0. The summed E-state index contributed by atoms with van der Waals surface area (Å²) in [4.78, 5) is 13.3. The molecule has 6 heteroatoms. The van der Waals surface area contributed by atoms with Gasteiger partial charge in [-0.1, -0.05) is 25.7 Å². The zero-order chi connectivity index (χ0) is 13.8. The fourth-order valence-corrected chi connectivity index (χ4v) is 3.16. The zero-order valence-electron chi connectivity index (χ0n) is 11.1. The molecule has 0 saturated carbocycles. The minimum Gasteiger partial charge on any atom is -0.465 e. The van der Waals surface area contributed by atoms with Crippen LogP contribution in [-0.2, 0) is 0 Å². The fraction of sp³-hybridized carbons (Fsp3) is 0.583. The lowest BCUT2D eigenvalue weighted by atomic mass is 10.3. The highest BCUT2D eigenvalue weighted by Crippen LogP contribution is 2.20. The van der Waals surface area contributed by atoms with E-state index in [0.717, 1.165) is 10.9 Å². The van der Waals surface area contributed by atoms with Crippen molar-refractivity contribution >= 4 is 25.5 Å². The number of aliphatic hydroxyl groups excluding tert-OH is 1. The van der Waals surface area contributed by atoms with Crippen LogP contribution in [0.2, 0.25) is 25.7 Å². The van der Waals surface area contributed by atoms with Gasteiger partial charge in [0.05, 0.1) is 6.54 Å². The van der Waals surface area contributed by atoms with Gasteiger partial charge in [0.1, 0.15) is 6.10 Å². The van der Waals surface area contributed by atoms with E-state index in [0.29, 0.717) is 6.54 Å². The van der Waals surface area contributed by atoms with Crippen LogP contribution in [0.15, 0.2) is 17.5 Å². The van der Waals surface area contributed by atoms with Crippen LogP contribution in [0.1, 0.15) is 11.0 Å². The smallest absolute Gasteiger partial charge is 0.407 e. The van der Waals surface area contributed by atoms with Crippen LogP contribution >= 0.6 is 11.3 Å². The van der Waals surface area contributed by atoms with Crippen molar-refractivity contribution in [2.75, 3.05) is 13.1 Å². The largest absolute Gasteiger partial charge is 0.465 e. The third-order valence-corrected chi connectivity index (χ3v) is 5.36. The van der Waals surface area contributed by atoms with Gasteiger partial charge >= 0.3 is 6.09 Å². The lowest BCUT2D eigenvalue weighted by Gasteiger charge is -2.25. The molecule has 0 spiro atoms. The molecule has 1 atom stereocenters. The van der Waals surface area contributed by atoms with E-state index in [1.165, 1.54) is 16.2 Å². The highest BCUT2D eigenvalue weighted by molar-refractivity contribution is 7.10. The molecule has 0 aliphatic rings. The topological polar surface area (TPSA) is 60.8 Å². The Morgan fingerprint density at radius 2 is 2.17 bits per heavy atom. The number of hydrogen-bond acceptors (Lipinski definition) is 3. The van der Waals surface area contributed by atoms with Gasteiger partial charge in [0.2, 0.25) is 0 Å². The van der Waals surface area contributed by atoms with Crippen molar-refractivity contribution in [2.24, 2.45) is 0 Å². The van der Waals surface area contributed by atoms with Crippen LogP contribution in [-0.4, -0.2) is 42.4 Å². The third kappa shape index (κ3) is 5.20. The Bertz CT molecular complexity index is 375. The maximum Gasteiger partial charge on any atom is 0.407 e. The van der Waals surface area contributed by atoms with Crippen LogP contribution in [0.25, 0.3) is 0 Å². The van der Waals surface area contributed by atoms with E-state index in [1.807, 2.05) is 17.5 Å². The molecule has 0 fully saturated rings. The van der Waals surface area contributed by atoms with Crippen LogP contribution < -0.4 is 0 Å². The Morgan fingerprint density at radius 1 is 1.50 bits per heavy atom. The number of amides is 1. The van der Waals surface area contributed by atoms with Crippen LogP contribution in [0, 0.1) is 0 Å². The monoisotopic (exact) mass is 287 g/mol. The molecule has 0 aliphatic carbocycles. The van der Waals surface area contributed by atoms with Gasteiger partial charge in [-0.05, 0) is 17.5 Å². The molecule has 102 valence electrons. The second kappa shape index (κ2) is 6.35. The van der Waals surface area contributed by atoms with Crippen molar-refractivity contribution in [3.63, 3.8) is 0 Å². The van der Waals surface area contributed by atoms with E-state index in [-0.39, 0.29) is 6.54 Å². The van der Waals surface area contributed by atoms with Crippen LogP contribution in [0.5, 0.6) is 0 Å². The normalized spacial score (nSPS) is 13.3. The number of hydrogen-bond donors (Lipinski definition) is 2. The molecule has 0 aliphatic heterocycles. The molecule has 0 radical (unpaired) electrons. The highest BCUT2D eigenvalue weighted by Gasteiger charge is 2.21. The Labute approximate surface area is 113 Å². The maximum absolute atomic E-state index is 11.2. The molecule has 1 unspecified atom stereocenters. The number of rotatable bonds is 6. The number of nitrogens with zero attached hydrogens (tertiary/aromatic N) is 1. The van der Waals surface area contributed by atoms with Crippen molar-refractivity contribution < 1.29 is 15.0 Å². The van der Waals surface area contributed by atoms with E-state index in [1.54, 1.807) is 0 Å². The predicted molar refractivity (Wildman–Crippen MR) is 77.0 cm³/mol. The summed E-state index contributed by atoms with van der Waals surface area (Å²) in [6.45, 7) is 7.29. The minimum atomic E-state index is -1.27. The molecule has 1 aromatic rings. The van der Waals surface area contributed by atoms with Gasteiger partial charge in [-0.3, -0.25) is 0 Å². The minimum absolute atomic E-state index is 0.153. The molecule has 0 aromatic carbocycles. The molecule has 4 nitrogen and oxygen atoms in total. The highest BCUT2D eigenvalue weighted by atomic mass is 32.1. The fourth-order valence-electron chi connectivity index (χ4n) is 1.51. The number of carboxylic acid groups (broad SMARTS) is 1. The first-order valence-corrected chi connectivity index (χ1v) is 10.6. The Hall–Kier alpha value is -0.853. The summed E-state index contributed by atoms with van der Waals surface area (Å²) in [6, 6.07) is 4.60. The quantitative estimate of drug-likeness (QED) is 0.790. The second-order valence-corrected chi connectivity index (χ2v) is 12.2. The van der Waals surface area contributed by atoms with Gasteiger partial charge in [-0.2, -0.15) is 0 Å².